The number of fused-ring (bicyclic) bond motifs is 6. The molecule has 1 N–H and O–H groups in total. The molecule has 5 heteroatoms. The fourth-order valence-electron chi connectivity index (χ4n) is 7.08. The highest BCUT2D eigenvalue weighted by molar-refractivity contribution is 5.87. The van der Waals surface area contributed by atoms with Crippen LogP contribution in [-0.2, 0) is 10.3 Å². The lowest BCUT2D eigenvalue weighted by Gasteiger charge is -2.43. The third-order valence-corrected chi connectivity index (χ3v) is 8.69. The summed E-state index contributed by atoms with van der Waals surface area (Å²) in [7, 11) is 0. The third-order valence-electron chi connectivity index (χ3n) is 8.69. The van der Waals surface area contributed by atoms with Gasteiger partial charge in [-0.25, -0.2) is 9.18 Å². The van der Waals surface area contributed by atoms with Gasteiger partial charge in [-0.3, -0.25) is 0 Å². The molecule has 2 saturated heterocycles. The summed E-state index contributed by atoms with van der Waals surface area (Å²) in [5, 5.41) is 13.1. The molecule has 186 valence electrons. The molecule has 2 atom stereocenters. The first-order chi connectivity index (χ1) is 18.0. The molecule has 4 aromatic carbocycles. The van der Waals surface area contributed by atoms with E-state index in [1.807, 2.05) is 47.4 Å². The molecule has 4 nitrogen and oxygen atoms in total. The van der Waals surface area contributed by atoms with Crippen LogP contribution < -0.4 is 0 Å². The van der Waals surface area contributed by atoms with E-state index in [9.17, 15) is 14.3 Å². The van der Waals surface area contributed by atoms with E-state index in [1.54, 1.807) is 12.1 Å². The highest BCUT2D eigenvalue weighted by Gasteiger charge is 2.51. The zero-order valence-electron chi connectivity index (χ0n) is 20.4. The molecule has 1 amide bonds. The number of benzene rings is 4. The Balaban J connectivity index is 1.12. The summed E-state index contributed by atoms with van der Waals surface area (Å²) in [5.41, 5.74) is 4.42. The highest BCUT2D eigenvalue weighted by atomic mass is 19.1. The predicted octanol–water partition coefficient (Wildman–Crippen LogP) is 6.74. The van der Waals surface area contributed by atoms with Crippen molar-refractivity contribution in [3.8, 4) is 11.1 Å². The first-order valence-corrected chi connectivity index (χ1v) is 13.1. The zero-order valence-corrected chi connectivity index (χ0v) is 20.4. The molecule has 0 saturated carbocycles. The van der Waals surface area contributed by atoms with Crippen LogP contribution in [0, 0.1) is 5.82 Å². The van der Waals surface area contributed by atoms with Gasteiger partial charge in [-0.15, -0.1) is 0 Å². The number of nitrogens with zero attached hydrogens (tertiary/aromatic N) is 1. The fourth-order valence-corrected chi connectivity index (χ4v) is 7.08. The van der Waals surface area contributed by atoms with E-state index in [0.717, 1.165) is 23.8 Å². The summed E-state index contributed by atoms with van der Waals surface area (Å²) in [4.78, 5) is 15.3. The third kappa shape index (κ3) is 3.48. The second-order valence-electron chi connectivity index (χ2n) is 10.7. The molecular weight excluding hydrogens is 465 g/mol. The summed E-state index contributed by atoms with van der Waals surface area (Å²) in [5.74, 6) is -0.275. The molecule has 7 rings (SSSR count). The van der Waals surface area contributed by atoms with Gasteiger partial charge in [0.15, 0.2) is 0 Å². The molecule has 2 aliphatic heterocycles. The molecule has 2 unspecified atom stereocenters. The van der Waals surface area contributed by atoms with Crippen LogP contribution in [-0.4, -0.2) is 34.8 Å². The summed E-state index contributed by atoms with van der Waals surface area (Å²) < 4.78 is 20.4. The van der Waals surface area contributed by atoms with Crippen molar-refractivity contribution < 1.29 is 19.0 Å². The Hall–Kier alpha value is -3.70. The Morgan fingerprint density at radius 1 is 0.838 bits per heavy atom. The largest absolute Gasteiger partial charge is 0.448 e. The van der Waals surface area contributed by atoms with Crippen LogP contribution in [0.15, 0.2) is 84.9 Å². The molecule has 2 fully saturated rings. The van der Waals surface area contributed by atoms with Crippen molar-refractivity contribution in [2.24, 2.45) is 0 Å². The minimum atomic E-state index is -1.11. The first kappa shape index (κ1) is 22.5. The number of hydrogen-bond donors (Lipinski definition) is 1. The van der Waals surface area contributed by atoms with Crippen molar-refractivity contribution in [3.63, 3.8) is 0 Å². The second-order valence-corrected chi connectivity index (χ2v) is 10.7. The van der Waals surface area contributed by atoms with E-state index in [1.165, 1.54) is 28.3 Å². The standard InChI is InChI=1S/C32H28FNO3/c33-30-16-15-29(26-11-5-6-12-27(26)30)32(36)17-20-13-14-21(18-32)34(20)31(35)37-19-28-24-9-3-1-7-22(24)23-8-2-4-10-25(23)28/h1-12,15-16,20-21,28,36H,13-14,17-19H2. The molecule has 0 spiro atoms. The van der Waals surface area contributed by atoms with E-state index < -0.39 is 5.60 Å². The Kier molecular flexibility index (Phi) is 5.12. The van der Waals surface area contributed by atoms with Crippen LogP contribution in [0.25, 0.3) is 21.9 Å². The minimum absolute atomic E-state index is 0.0151. The zero-order chi connectivity index (χ0) is 25.1. The summed E-state index contributed by atoms with van der Waals surface area (Å²) >= 11 is 0. The number of aliphatic hydroxyl groups is 1. The first-order valence-electron chi connectivity index (χ1n) is 13.1. The van der Waals surface area contributed by atoms with Gasteiger partial charge >= 0.3 is 6.09 Å². The van der Waals surface area contributed by atoms with Gasteiger partial charge in [0, 0.05) is 36.2 Å². The molecule has 4 aromatic rings. The molecule has 2 heterocycles. The maximum atomic E-state index is 14.4. The minimum Gasteiger partial charge on any atom is -0.448 e. The van der Waals surface area contributed by atoms with Crippen LogP contribution in [0.5, 0.6) is 0 Å². The van der Waals surface area contributed by atoms with E-state index in [2.05, 4.69) is 24.3 Å². The molecule has 2 bridgehead atoms. The van der Waals surface area contributed by atoms with Crippen molar-refractivity contribution in [2.45, 2.75) is 49.3 Å². The van der Waals surface area contributed by atoms with Crippen LogP contribution in [0.2, 0.25) is 0 Å². The van der Waals surface area contributed by atoms with E-state index in [4.69, 9.17) is 4.74 Å². The smallest absolute Gasteiger partial charge is 0.410 e. The number of hydrogen-bond acceptors (Lipinski definition) is 3. The maximum Gasteiger partial charge on any atom is 0.410 e. The lowest BCUT2D eigenvalue weighted by atomic mass is 9.78. The quantitative estimate of drug-likeness (QED) is 0.344. The van der Waals surface area contributed by atoms with Gasteiger partial charge in [0.05, 0.1) is 5.60 Å². The van der Waals surface area contributed by atoms with Crippen LogP contribution >= 0.6 is 0 Å². The Morgan fingerprint density at radius 3 is 2.05 bits per heavy atom. The molecule has 1 aliphatic carbocycles. The molecular formula is C32H28FNO3. The van der Waals surface area contributed by atoms with Gasteiger partial charge < -0.3 is 14.7 Å². The number of carbonyl (C=O) groups excluding carboxylic acids is 1. The van der Waals surface area contributed by atoms with Gasteiger partial charge in [0.1, 0.15) is 12.4 Å². The predicted molar refractivity (Wildman–Crippen MR) is 141 cm³/mol. The van der Waals surface area contributed by atoms with Crippen molar-refractivity contribution in [3.05, 3.63) is 107 Å². The normalized spacial score (nSPS) is 24.2. The van der Waals surface area contributed by atoms with Crippen LogP contribution in [0.4, 0.5) is 9.18 Å². The monoisotopic (exact) mass is 493 g/mol. The maximum absolute atomic E-state index is 14.4. The summed E-state index contributed by atoms with van der Waals surface area (Å²) in [6.07, 6.45) is 2.19. The van der Waals surface area contributed by atoms with Gasteiger partial charge in [-0.05, 0) is 52.1 Å². The lowest BCUT2D eigenvalue weighted by Crippen LogP contribution is -2.52. The Morgan fingerprint density at radius 2 is 1.41 bits per heavy atom. The fraction of sp³-hybridized carbons (Fsp3) is 0.281. The SMILES string of the molecule is O=C(OCC1c2ccccc2-c2ccccc21)N1C2CCC1CC(O)(c1ccc(F)c3ccccc13)C2. The van der Waals surface area contributed by atoms with Crippen LogP contribution in [0.3, 0.4) is 0 Å². The average Bonchev–Trinajstić information content (AvgIpc) is 3.39. The number of piperidine rings is 1. The van der Waals surface area contributed by atoms with Crippen molar-refractivity contribution in [1.82, 2.24) is 4.90 Å². The second kappa shape index (κ2) is 8.42. The van der Waals surface area contributed by atoms with E-state index >= 15 is 0 Å². The number of amides is 1. The molecule has 37 heavy (non-hydrogen) atoms. The summed E-state index contributed by atoms with van der Waals surface area (Å²) in [6, 6.07) is 26.9. The number of carbonyl (C=O) groups is 1. The van der Waals surface area contributed by atoms with Gasteiger partial charge in [-0.2, -0.15) is 0 Å². The van der Waals surface area contributed by atoms with Crippen LogP contribution in [0.1, 0.15) is 48.3 Å². The van der Waals surface area contributed by atoms with Gasteiger partial charge in [0.2, 0.25) is 0 Å². The van der Waals surface area contributed by atoms with Gasteiger partial charge in [-0.1, -0.05) is 78.9 Å². The molecule has 0 aromatic heterocycles. The van der Waals surface area contributed by atoms with Crippen molar-refractivity contribution in [2.75, 3.05) is 6.61 Å². The number of halogens is 1. The Labute approximate surface area is 215 Å². The van der Waals surface area contributed by atoms with Gasteiger partial charge in [0.25, 0.3) is 0 Å². The Bertz CT molecular complexity index is 1470. The molecule has 0 radical (unpaired) electrons. The topological polar surface area (TPSA) is 49.8 Å². The van der Waals surface area contributed by atoms with Crippen molar-refractivity contribution in [1.29, 1.82) is 0 Å². The number of ether oxygens (including phenoxy) is 1. The average molecular weight is 494 g/mol. The summed E-state index contributed by atoms with van der Waals surface area (Å²) in [6.45, 7) is 0.287. The highest BCUT2D eigenvalue weighted by Crippen LogP contribution is 2.48. The number of rotatable bonds is 3. The van der Waals surface area contributed by atoms with E-state index in [0.29, 0.717) is 18.2 Å². The van der Waals surface area contributed by atoms with Crippen molar-refractivity contribution >= 4 is 16.9 Å². The molecule has 3 aliphatic rings. The lowest BCUT2D eigenvalue weighted by molar-refractivity contribution is -0.0521. The van der Waals surface area contributed by atoms with E-state index in [-0.39, 0.29) is 36.5 Å².